The van der Waals surface area contributed by atoms with E-state index in [1.54, 1.807) is 6.92 Å². The Labute approximate surface area is 228 Å². The van der Waals surface area contributed by atoms with Gasteiger partial charge in [0.1, 0.15) is 0 Å². The molecule has 168 valence electrons. The van der Waals surface area contributed by atoms with Gasteiger partial charge in [0.25, 0.3) is 0 Å². The molecule has 0 saturated heterocycles. The molecule has 0 heterocycles. The van der Waals surface area contributed by atoms with E-state index in [4.69, 9.17) is 0 Å². The van der Waals surface area contributed by atoms with Crippen LogP contribution in [-0.2, 0) is 39.0 Å². The maximum absolute atomic E-state index is 3.30. The Hall–Kier alpha value is -2.28. The zero-order valence-corrected chi connectivity index (χ0v) is 24.4. The number of benzene rings is 4. The third-order valence-electron chi connectivity index (χ3n) is 5.64. The van der Waals surface area contributed by atoms with E-state index in [0.717, 1.165) is 12.8 Å². The van der Waals surface area contributed by atoms with Gasteiger partial charge in [0.15, 0.2) is 0 Å². The summed E-state index contributed by atoms with van der Waals surface area (Å²) in [4.78, 5) is 0. The molecule has 34 heavy (non-hydrogen) atoms. The average Bonchev–Trinajstić information content (AvgIpc) is 3.44. The molecule has 0 spiro atoms. The van der Waals surface area contributed by atoms with Gasteiger partial charge in [-0.2, -0.15) is 80.4 Å². The fourth-order valence-electron chi connectivity index (χ4n) is 4.00. The monoisotopic (exact) mass is 534 g/mol. The van der Waals surface area contributed by atoms with Crippen LogP contribution in [0.1, 0.15) is 43.0 Å². The van der Waals surface area contributed by atoms with Crippen molar-refractivity contribution in [3.05, 3.63) is 132 Å². The van der Waals surface area contributed by atoms with E-state index >= 15 is 0 Å². The van der Waals surface area contributed by atoms with Gasteiger partial charge in [0, 0.05) is 0 Å². The Balaban J connectivity index is 0.000000186. The van der Waals surface area contributed by atoms with Crippen molar-refractivity contribution in [3.8, 4) is 22.3 Å². The second kappa shape index (κ2) is 14.2. The van der Waals surface area contributed by atoms with E-state index < -0.39 is 0 Å². The van der Waals surface area contributed by atoms with Crippen molar-refractivity contribution >= 4 is 15.5 Å². The molecule has 2 heteroatoms. The molecule has 0 N–H and O–H groups in total. The third kappa shape index (κ3) is 6.87. The third-order valence-corrected chi connectivity index (χ3v) is 6.46. The van der Waals surface area contributed by atoms with Crippen LogP contribution in [0.25, 0.3) is 22.3 Å². The van der Waals surface area contributed by atoms with Gasteiger partial charge in [-0.25, -0.2) is 5.67 Å². The summed E-state index contributed by atoms with van der Waals surface area (Å²) in [6, 6.07) is 36.2. The minimum Gasteiger partial charge on any atom is -0.364 e. The molecular weight excluding hydrogens is 504 g/mol. The van der Waals surface area contributed by atoms with Crippen molar-refractivity contribution in [2.45, 2.75) is 33.6 Å². The molecule has 0 aliphatic heterocycles. The molecule has 0 aromatic heterocycles. The van der Waals surface area contributed by atoms with Gasteiger partial charge in [0.2, 0.25) is 0 Å². The summed E-state index contributed by atoms with van der Waals surface area (Å²) in [6.07, 6.45) is 2.10. The number of fused-ring (bicyclic) bond motifs is 6. The molecule has 0 unspecified atom stereocenters. The topological polar surface area (TPSA) is 0 Å². The van der Waals surface area contributed by atoms with Gasteiger partial charge < -0.3 is 12.8 Å². The normalized spacial score (nSPS) is 10.6. The van der Waals surface area contributed by atoms with Crippen LogP contribution in [0.2, 0.25) is 0 Å². The van der Waals surface area contributed by atoms with Gasteiger partial charge in [0.05, 0.1) is 0 Å². The molecule has 0 radical (unpaired) electrons. The second-order valence-electron chi connectivity index (χ2n) is 8.07. The van der Waals surface area contributed by atoms with Crippen LogP contribution in [0.3, 0.4) is 0 Å². The van der Waals surface area contributed by atoms with Gasteiger partial charge in [-0.1, -0.05) is 80.6 Å². The summed E-state index contributed by atoms with van der Waals surface area (Å²) < 4.78 is 0. The van der Waals surface area contributed by atoms with E-state index in [9.17, 15) is 0 Å². The van der Waals surface area contributed by atoms with Gasteiger partial charge >= 0.3 is 26.2 Å². The van der Waals surface area contributed by atoms with Gasteiger partial charge in [-0.3, -0.25) is 0 Å². The first-order valence-electron chi connectivity index (χ1n) is 11.5. The molecule has 4 aromatic carbocycles. The smallest absolute Gasteiger partial charge is 0.364 e. The van der Waals surface area contributed by atoms with Crippen LogP contribution < -0.4 is 0 Å². The van der Waals surface area contributed by atoms with Crippen LogP contribution >= 0.6 is 0 Å². The Morgan fingerprint density at radius 1 is 0.676 bits per heavy atom. The van der Waals surface area contributed by atoms with E-state index in [0.29, 0.717) is 0 Å². The largest absolute Gasteiger partial charge is 4.00 e. The van der Waals surface area contributed by atoms with E-state index in [-0.39, 0.29) is 26.2 Å². The predicted octanol–water partition coefficient (Wildman–Crippen LogP) is 6.99. The predicted molar refractivity (Wildman–Crippen MR) is 147 cm³/mol. The Kier molecular flexibility index (Phi) is 11.7. The molecule has 0 bridgehead atoms. The van der Waals surface area contributed by atoms with Crippen LogP contribution in [0.4, 0.5) is 0 Å². The Morgan fingerprint density at radius 3 is 1.41 bits per heavy atom. The van der Waals surface area contributed by atoms with Crippen molar-refractivity contribution in [2.24, 2.45) is 0 Å². The van der Waals surface area contributed by atoms with Crippen molar-refractivity contribution < 1.29 is 26.2 Å². The summed E-state index contributed by atoms with van der Waals surface area (Å²) in [6.45, 7) is 9.18. The first kappa shape index (κ1) is 28.0. The SMILES string of the molecule is C[C-](C)C=[SiH2].[CH2-]C.[Zr+4].[c-]1cccc2c1Cc1ccccc1-2.[c-]1cccc2c1Cc1ccccc1-2. The average molecular weight is 536 g/mol. The summed E-state index contributed by atoms with van der Waals surface area (Å²) in [5.74, 6) is 1.39. The van der Waals surface area contributed by atoms with Crippen LogP contribution in [0, 0.1) is 25.0 Å². The van der Waals surface area contributed by atoms with Gasteiger partial charge in [-0.15, -0.1) is 11.1 Å². The molecule has 2 aliphatic rings. The summed E-state index contributed by atoms with van der Waals surface area (Å²) >= 11 is 0. The van der Waals surface area contributed by atoms with E-state index in [1.165, 1.54) is 50.4 Å². The Morgan fingerprint density at radius 2 is 1.03 bits per heavy atom. The van der Waals surface area contributed by atoms with E-state index in [1.807, 2.05) is 22.0 Å². The molecule has 4 aromatic rings. The molecule has 0 atom stereocenters. The number of rotatable bonds is 1. The fourth-order valence-corrected chi connectivity index (χ4v) is 4.00. The molecule has 0 fully saturated rings. The quantitative estimate of drug-likeness (QED) is 0.157. The summed E-state index contributed by atoms with van der Waals surface area (Å²) in [5.41, 5.74) is 13.1. The molecule has 0 saturated carbocycles. The minimum absolute atomic E-state index is 0. The van der Waals surface area contributed by atoms with Crippen LogP contribution in [0.5, 0.6) is 0 Å². The van der Waals surface area contributed by atoms with Crippen LogP contribution in [-0.4, -0.2) is 15.5 Å². The Bertz CT molecular complexity index is 1020. The molecular formula is C32H32SiZr. The van der Waals surface area contributed by atoms with Crippen LogP contribution in [0.15, 0.2) is 84.9 Å². The first-order valence-corrected chi connectivity index (χ1v) is 12.3. The van der Waals surface area contributed by atoms with Crippen molar-refractivity contribution in [1.82, 2.24) is 0 Å². The standard InChI is InChI=1S/2C13H9.C4H9Si.C2H5.Zr/c2*1-3-7-12-10(5-1)9-11-6-2-4-8-13(11)12;1-4(2)3-5;1-2;/h2*1-5,7-8H,9H2;3H,5H2,1-2H3;1H2,2H3;/q4*-1;+4. The maximum Gasteiger partial charge on any atom is 4.00 e. The molecule has 0 nitrogen and oxygen atoms in total. The molecule has 0 amide bonds. The maximum atomic E-state index is 3.30. The van der Waals surface area contributed by atoms with Gasteiger partial charge in [-0.05, 0) is 12.8 Å². The number of hydrogen-bond acceptors (Lipinski definition) is 0. The summed E-state index contributed by atoms with van der Waals surface area (Å²) in [5, 5.41) is 0. The first-order chi connectivity index (χ1) is 16.2. The number of hydrogen-bond donors (Lipinski definition) is 0. The fraction of sp³-hybridized carbons (Fsp3) is 0.156. The van der Waals surface area contributed by atoms with Crippen molar-refractivity contribution in [2.75, 3.05) is 0 Å². The second-order valence-corrected chi connectivity index (χ2v) is 8.48. The summed E-state index contributed by atoms with van der Waals surface area (Å²) in [7, 11) is 1.87. The zero-order valence-electron chi connectivity index (χ0n) is 20.5. The zero-order chi connectivity index (χ0) is 23.6. The van der Waals surface area contributed by atoms with Crippen molar-refractivity contribution in [3.63, 3.8) is 0 Å². The molecule has 6 rings (SSSR count). The van der Waals surface area contributed by atoms with Crippen molar-refractivity contribution in [1.29, 1.82) is 0 Å². The molecule has 2 aliphatic carbocycles. The van der Waals surface area contributed by atoms with E-state index in [2.05, 4.69) is 111 Å². The minimum atomic E-state index is 0.